The highest BCUT2D eigenvalue weighted by Crippen LogP contribution is 2.22. The van der Waals surface area contributed by atoms with E-state index >= 15 is 0 Å². The molecule has 0 spiro atoms. The maximum Gasteiger partial charge on any atom is 0.264 e. The molecular formula is C23H28N4O. The normalized spacial score (nSPS) is 11.3. The first-order valence-corrected chi connectivity index (χ1v) is 9.66. The number of benzene rings is 2. The molecule has 0 saturated carbocycles. The van der Waals surface area contributed by atoms with Crippen LogP contribution in [0.5, 0.6) is 0 Å². The molecule has 2 rings (SSSR count). The van der Waals surface area contributed by atoms with E-state index in [2.05, 4.69) is 29.4 Å². The minimum Gasteiger partial charge on any atom is -0.388 e. The van der Waals surface area contributed by atoms with Crippen molar-refractivity contribution in [1.82, 2.24) is 15.5 Å². The Bertz CT molecular complexity index is 753. The second kappa shape index (κ2) is 11.6. The van der Waals surface area contributed by atoms with Crippen molar-refractivity contribution < 1.29 is 4.79 Å². The molecule has 0 radical (unpaired) electrons. The summed E-state index contributed by atoms with van der Waals surface area (Å²) in [5.41, 5.74) is 2.00. The molecule has 0 aromatic heterocycles. The maximum atomic E-state index is 12.7. The van der Waals surface area contributed by atoms with Crippen molar-refractivity contribution in [3.8, 4) is 6.07 Å². The first kappa shape index (κ1) is 21.2. The highest BCUT2D eigenvalue weighted by Gasteiger charge is 2.19. The molecule has 0 aliphatic rings. The summed E-state index contributed by atoms with van der Waals surface area (Å²) in [6.45, 7) is 7.72. The average Bonchev–Trinajstić information content (AvgIpc) is 2.76. The predicted octanol–water partition coefficient (Wildman–Crippen LogP) is 3.23. The van der Waals surface area contributed by atoms with Gasteiger partial charge in [-0.1, -0.05) is 74.5 Å². The zero-order chi connectivity index (χ0) is 20.2. The summed E-state index contributed by atoms with van der Waals surface area (Å²) in [5.74, 6) is -0.393. The molecule has 5 heteroatoms. The monoisotopic (exact) mass is 376 g/mol. The molecular weight excluding hydrogens is 348 g/mol. The quantitative estimate of drug-likeness (QED) is 0.379. The van der Waals surface area contributed by atoms with Crippen LogP contribution in [-0.2, 0) is 4.79 Å². The smallest absolute Gasteiger partial charge is 0.264 e. The number of rotatable bonds is 10. The number of carbonyl (C=O) groups is 1. The summed E-state index contributed by atoms with van der Waals surface area (Å²) in [4.78, 5) is 15.0. The highest BCUT2D eigenvalue weighted by atomic mass is 16.1. The van der Waals surface area contributed by atoms with Gasteiger partial charge in [0.25, 0.3) is 5.91 Å². The first-order chi connectivity index (χ1) is 13.7. The van der Waals surface area contributed by atoms with Crippen LogP contribution >= 0.6 is 0 Å². The highest BCUT2D eigenvalue weighted by molar-refractivity contribution is 5.97. The van der Waals surface area contributed by atoms with Crippen molar-refractivity contribution in [3.05, 3.63) is 83.6 Å². The fourth-order valence-corrected chi connectivity index (χ4v) is 2.94. The lowest BCUT2D eigenvalue weighted by molar-refractivity contribution is -0.117. The summed E-state index contributed by atoms with van der Waals surface area (Å²) < 4.78 is 0. The van der Waals surface area contributed by atoms with Crippen molar-refractivity contribution in [2.24, 2.45) is 0 Å². The van der Waals surface area contributed by atoms with Crippen LogP contribution in [0.15, 0.2) is 72.4 Å². The Kier molecular flexibility index (Phi) is 8.77. The van der Waals surface area contributed by atoms with E-state index in [1.54, 1.807) is 0 Å². The van der Waals surface area contributed by atoms with Crippen molar-refractivity contribution in [2.75, 3.05) is 26.2 Å². The van der Waals surface area contributed by atoms with Crippen LogP contribution in [0.2, 0.25) is 0 Å². The molecule has 1 amide bonds. The first-order valence-electron chi connectivity index (χ1n) is 9.66. The predicted molar refractivity (Wildman–Crippen MR) is 112 cm³/mol. The van der Waals surface area contributed by atoms with Gasteiger partial charge in [-0.15, -0.1) is 0 Å². The van der Waals surface area contributed by atoms with E-state index in [0.717, 1.165) is 30.8 Å². The van der Waals surface area contributed by atoms with Crippen LogP contribution in [0.25, 0.3) is 0 Å². The number of nitriles is 1. The molecule has 0 unspecified atom stereocenters. The molecule has 0 fully saturated rings. The minimum atomic E-state index is -0.393. The third-order valence-electron chi connectivity index (χ3n) is 4.62. The van der Waals surface area contributed by atoms with Gasteiger partial charge < -0.3 is 15.5 Å². The van der Waals surface area contributed by atoms with E-state index in [4.69, 9.17) is 0 Å². The topological polar surface area (TPSA) is 68.2 Å². The summed E-state index contributed by atoms with van der Waals surface area (Å²) in [5, 5.41) is 15.5. The molecule has 2 aromatic rings. The number of amides is 1. The molecule has 0 aliphatic carbocycles. The number of likely N-dealkylation sites (N-methyl/N-ethyl adjacent to an activating group) is 1. The number of carbonyl (C=O) groups excluding carboxylic acids is 1. The van der Waals surface area contributed by atoms with Crippen molar-refractivity contribution in [2.45, 2.75) is 19.9 Å². The number of hydrogen-bond donors (Lipinski definition) is 2. The summed E-state index contributed by atoms with van der Waals surface area (Å²) in [7, 11) is 0. The average molecular weight is 377 g/mol. The third-order valence-corrected chi connectivity index (χ3v) is 4.62. The van der Waals surface area contributed by atoms with Gasteiger partial charge in [-0.25, -0.2) is 0 Å². The lowest BCUT2D eigenvalue weighted by Gasteiger charge is -2.20. The summed E-state index contributed by atoms with van der Waals surface area (Å²) in [6, 6.07) is 21.2. The fraction of sp³-hybridized carbons (Fsp3) is 0.304. The molecule has 0 aliphatic heterocycles. The molecule has 5 nitrogen and oxygen atoms in total. The zero-order valence-corrected chi connectivity index (χ0v) is 16.6. The van der Waals surface area contributed by atoms with Crippen molar-refractivity contribution >= 4 is 5.91 Å². The van der Waals surface area contributed by atoms with Crippen LogP contribution in [0.3, 0.4) is 0 Å². The fourth-order valence-electron chi connectivity index (χ4n) is 2.94. The number of nitrogens with zero attached hydrogens (tertiary/aromatic N) is 2. The Balaban J connectivity index is 2.09. The van der Waals surface area contributed by atoms with E-state index in [9.17, 15) is 10.1 Å². The van der Waals surface area contributed by atoms with Crippen LogP contribution in [0.1, 0.15) is 31.0 Å². The SMILES string of the molecule is CCN(CC)CCN/C=C(/C#N)C(=O)NC(c1ccccc1)c1ccccc1. The van der Waals surface area contributed by atoms with Crippen LogP contribution in [0, 0.1) is 11.3 Å². The maximum absolute atomic E-state index is 12.7. The molecule has 28 heavy (non-hydrogen) atoms. The Labute approximate surface area is 167 Å². The molecule has 0 heterocycles. The Hall–Kier alpha value is -3.10. The van der Waals surface area contributed by atoms with Gasteiger partial charge in [0.15, 0.2) is 0 Å². The molecule has 0 saturated heterocycles. The van der Waals surface area contributed by atoms with Gasteiger partial charge in [0.2, 0.25) is 0 Å². The second-order valence-corrected chi connectivity index (χ2v) is 6.38. The second-order valence-electron chi connectivity index (χ2n) is 6.38. The van der Waals surface area contributed by atoms with E-state index in [1.807, 2.05) is 66.7 Å². The van der Waals surface area contributed by atoms with Gasteiger partial charge in [0.1, 0.15) is 11.6 Å². The van der Waals surface area contributed by atoms with Gasteiger partial charge in [0.05, 0.1) is 6.04 Å². The summed E-state index contributed by atoms with van der Waals surface area (Å²) >= 11 is 0. The Morgan fingerprint density at radius 2 is 1.57 bits per heavy atom. The standard InChI is InChI=1S/C23H28N4O/c1-3-27(4-2)16-15-25-18-21(17-24)23(28)26-22(19-11-7-5-8-12-19)20-13-9-6-10-14-20/h5-14,18,22,25H,3-4,15-16H2,1-2H3,(H,26,28)/b21-18-. The minimum absolute atomic E-state index is 0.0661. The zero-order valence-electron chi connectivity index (χ0n) is 16.6. The van der Waals surface area contributed by atoms with E-state index in [1.165, 1.54) is 6.20 Å². The van der Waals surface area contributed by atoms with Gasteiger partial charge >= 0.3 is 0 Å². The van der Waals surface area contributed by atoms with Gasteiger partial charge in [-0.05, 0) is 24.2 Å². The molecule has 0 bridgehead atoms. The largest absolute Gasteiger partial charge is 0.388 e. The van der Waals surface area contributed by atoms with Gasteiger partial charge in [0, 0.05) is 19.3 Å². The third kappa shape index (κ3) is 6.26. The van der Waals surface area contributed by atoms with Crippen LogP contribution in [0.4, 0.5) is 0 Å². The molecule has 2 N–H and O–H groups in total. The van der Waals surface area contributed by atoms with Crippen molar-refractivity contribution in [1.29, 1.82) is 5.26 Å². The van der Waals surface area contributed by atoms with Crippen LogP contribution < -0.4 is 10.6 Å². The number of nitrogens with one attached hydrogen (secondary N) is 2. The Morgan fingerprint density at radius 1 is 1.04 bits per heavy atom. The van der Waals surface area contributed by atoms with Gasteiger partial charge in [-0.2, -0.15) is 5.26 Å². The summed E-state index contributed by atoms with van der Waals surface area (Å²) in [6.07, 6.45) is 1.51. The van der Waals surface area contributed by atoms with E-state index < -0.39 is 5.91 Å². The lowest BCUT2D eigenvalue weighted by Crippen LogP contribution is -2.32. The molecule has 2 aromatic carbocycles. The van der Waals surface area contributed by atoms with Crippen molar-refractivity contribution in [3.63, 3.8) is 0 Å². The lowest BCUT2D eigenvalue weighted by atomic mass is 9.98. The Morgan fingerprint density at radius 3 is 2.04 bits per heavy atom. The van der Waals surface area contributed by atoms with Gasteiger partial charge in [-0.3, -0.25) is 4.79 Å². The molecule has 146 valence electrons. The molecule has 0 atom stereocenters. The number of hydrogen-bond acceptors (Lipinski definition) is 4. The van der Waals surface area contributed by atoms with E-state index in [-0.39, 0.29) is 11.6 Å². The van der Waals surface area contributed by atoms with Crippen LogP contribution in [-0.4, -0.2) is 37.0 Å². The van der Waals surface area contributed by atoms with E-state index in [0.29, 0.717) is 6.54 Å².